The molecule has 4 nitrogen and oxygen atoms in total. The van der Waals surface area contributed by atoms with Gasteiger partial charge < -0.3 is 19.9 Å². The average molecular weight is 255 g/mol. The number of hydrogen-bond donors (Lipinski definition) is 1. The third-order valence-electron chi connectivity index (χ3n) is 4.16. The second-order valence-corrected chi connectivity index (χ2v) is 5.82. The second kappa shape index (κ2) is 7.43. The highest BCUT2D eigenvalue weighted by Gasteiger charge is 2.29. The van der Waals surface area contributed by atoms with Crippen LogP contribution in [-0.4, -0.2) is 75.4 Å². The van der Waals surface area contributed by atoms with Gasteiger partial charge in [-0.3, -0.25) is 0 Å². The lowest BCUT2D eigenvalue weighted by molar-refractivity contribution is 0.168. The van der Waals surface area contributed by atoms with Crippen LogP contribution in [0.4, 0.5) is 0 Å². The van der Waals surface area contributed by atoms with Gasteiger partial charge in [0.1, 0.15) is 0 Å². The molecule has 0 radical (unpaired) electrons. The predicted molar refractivity (Wildman–Crippen MR) is 74.9 cm³/mol. The van der Waals surface area contributed by atoms with Crippen molar-refractivity contribution in [3.63, 3.8) is 0 Å². The summed E-state index contributed by atoms with van der Waals surface area (Å²) in [5, 5.41) is 3.63. The lowest BCUT2D eigenvalue weighted by Gasteiger charge is -2.26. The molecule has 2 aliphatic heterocycles. The van der Waals surface area contributed by atoms with Gasteiger partial charge in [0.15, 0.2) is 0 Å². The molecule has 2 unspecified atom stereocenters. The smallest absolute Gasteiger partial charge is 0.0623 e. The van der Waals surface area contributed by atoms with Gasteiger partial charge >= 0.3 is 0 Å². The van der Waals surface area contributed by atoms with Crippen LogP contribution in [0.1, 0.15) is 19.8 Å². The normalized spacial score (nSPS) is 31.7. The van der Waals surface area contributed by atoms with Gasteiger partial charge in [0.05, 0.1) is 13.2 Å². The molecule has 2 rings (SSSR count). The Labute approximate surface area is 112 Å². The van der Waals surface area contributed by atoms with Crippen molar-refractivity contribution in [1.29, 1.82) is 0 Å². The van der Waals surface area contributed by atoms with Crippen molar-refractivity contribution in [3.05, 3.63) is 0 Å². The van der Waals surface area contributed by atoms with Gasteiger partial charge in [0, 0.05) is 31.6 Å². The maximum atomic E-state index is 5.66. The van der Waals surface area contributed by atoms with Crippen molar-refractivity contribution in [2.75, 3.05) is 59.5 Å². The summed E-state index contributed by atoms with van der Waals surface area (Å²) >= 11 is 0. The molecule has 0 spiro atoms. The zero-order valence-corrected chi connectivity index (χ0v) is 12.0. The van der Waals surface area contributed by atoms with E-state index >= 15 is 0 Å². The van der Waals surface area contributed by atoms with Gasteiger partial charge in [0.25, 0.3) is 0 Å². The van der Waals surface area contributed by atoms with E-state index in [0.29, 0.717) is 12.0 Å². The van der Waals surface area contributed by atoms with Crippen LogP contribution in [0.15, 0.2) is 0 Å². The minimum Gasteiger partial charge on any atom is -0.379 e. The third kappa shape index (κ3) is 4.19. The number of ether oxygens (including phenoxy) is 1. The lowest BCUT2D eigenvalue weighted by atomic mass is 10.0. The predicted octanol–water partition coefficient (Wildman–Crippen LogP) is 0.639. The van der Waals surface area contributed by atoms with Crippen LogP contribution in [0.2, 0.25) is 0 Å². The Hall–Kier alpha value is -0.160. The molecule has 18 heavy (non-hydrogen) atoms. The fourth-order valence-electron chi connectivity index (χ4n) is 2.95. The molecule has 1 N–H and O–H groups in total. The fraction of sp³-hybridized carbons (Fsp3) is 1.00. The summed E-state index contributed by atoms with van der Waals surface area (Å²) < 4.78 is 5.66. The molecule has 0 saturated carbocycles. The SMILES string of the molecule is CCCNC1COCC1CN1CCCN(C)CC1. The van der Waals surface area contributed by atoms with E-state index in [1.165, 1.54) is 45.6 Å². The maximum Gasteiger partial charge on any atom is 0.0623 e. The highest BCUT2D eigenvalue weighted by atomic mass is 16.5. The molecule has 2 atom stereocenters. The molecule has 106 valence electrons. The van der Waals surface area contributed by atoms with E-state index in [9.17, 15) is 0 Å². The molecule has 2 aliphatic rings. The molecule has 0 aromatic heterocycles. The molecular weight excluding hydrogens is 226 g/mol. The lowest BCUT2D eigenvalue weighted by Crippen LogP contribution is -2.42. The summed E-state index contributed by atoms with van der Waals surface area (Å²) in [6, 6.07) is 0.575. The first-order chi connectivity index (χ1) is 8.79. The van der Waals surface area contributed by atoms with Crippen molar-refractivity contribution in [1.82, 2.24) is 15.1 Å². The Bertz CT molecular complexity index is 237. The van der Waals surface area contributed by atoms with E-state index in [0.717, 1.165) is 19.8 Å². The van der Waals surface area contributed by atoms with E-state index in [1.54, 1.807) is 0 Å². The largest absolute Gasteiger partial charge is 0.379 e. The van der Waals surface area contributed by atoms with Crippen molar-refractivity contribution < 1.29 is 4.74 Å². The van der Waals surface area contributed by atoms with Gasteiger partial charge in [0.2, 0.25) is 0 Å². The molecule has 0 aromatic carbocycles. The first-order valence-corrected chi connectivity index (χ1v) is 7.51. The highest BCUT2D eigenvalue weighted by molar-refractivity contribution is 4.84. The Morgan fingerprint density at radius 2 is 2.06 bits per heavy atom. The van der Waals surface area contributed by atoms with Crippen LogP contribution >= 0.6 is 0 Å². The van der Waals surface area contributed by atoms with Crippen molar-refractivity contribution in [3.8, 4) is 0 Å². The third-order valence-corrected chi connectivity index (χ3v) is 4.16. The van der Waals surface area contributed by atoms with Crippen LogP contribution in [0.5, 0.6) is 0 Å². The summed E-state index contributed by atoms with van der Waals surface area (Å²) in [6.07, 6.45) is 2.51. The number of likely N-dealkylation sites (N-methyl/N-ethyl adjacent to an activating group) is 1. The summed E-state index contributed by atoms with van der Waals surface area (Å²) in [5.41, 5.74) is 0. The van der Waals surface area contributed by atoms with E-state index in [-0.39, 0.29) is 0 Å². The van der Waals surface area contributed by atoms with E-state index < -0.39 is 0 Å². The van der Waals surface area contributed by atoms with Gasteiger partial charge in [-0.25, -0.2) is 0 Å². The van der Waals surface area contributed by atoms with E-state index in [2.05, 4.69) is 29.1 Å². The fourth-order valence-corrected chi connectivity index (χ4v) is 2.95. The molecule has 2 fully saturated rings. The maximum absolute atomic E-state index is 5.66. The van der Waals surface area contributed by atoms with Gasteiger partial charge in [-0.05, 0) is 39.5 Å². The zero-order valence-electron chi connectivity index (χ0n) is 12.0. The molecule has 0 aromatic rings. The Morgan fingerprint density at radius 1 is 1.17 bits per heavy atom. The summed E-state index contributed by atoms with van der Waals surface area (Å²) in [4.78, 5) is 5.07. The van der Waals surface area contributed by atoms with Crippen LogP contribution in [-0.2, 0) is 4.74 Å². The first-order valence-electron chi connectivity index (χ1n) is 7.51. The van der Waals surface area contributed by atoms with Gasteiger partial charge in [-0.15, -0.1) is 0 Å². The van der Waals surface area contributed by atoms with Gasteiger partial charge in [-0.2, -0.15) is 0 Å². The molecule has 0 bridgehead atoms. The van der Waals surface area contributed by atoms with Crippen LogP contribution in [0.25, 0.3) is 0 Å². The zero-order chi connectivity index (χ0) is 12.8. The molecule has 2 heterocycles. The van der Waals surface area contributed by atoms with Gasteiger partial charge in [-0.1, -0.05) is 6.92 Å². The molecule has 0 amide bonds. The number of hydrogen-bond acceptors (Lipinski definition) is 4. The summed E-state index contributed by atoms with van der Waals surface area (Å²) in [7, 11) is 2.23. The van der Waals surface area contributed by atoms with E-state index in [4.69, 9.17) is 4.74 Å². The monoisotopic (exact) mass is 255 g/mol. The minimum atomic E-state index is 0.575. The van der Waals surface area contributed by atoms with Crippen molar-refractivity contribution in [2.24, 2.45) is 5.92 Å². The quantitative estimate of drug-likeness (QED) is 0.780. The summed E-state index contributed by atoms with van der Waals surface area (Å²) in [5.74, 6) is 0.681. The molecule has 0 aliphatic carbocycles. The number of rotatable bonds is 5. The first kappa shape index (κ1) is 14.3. The molecule has 2 saturated heterocycles. The van der Waals surface area contributed by atoms with Crippen LogP contribution < -0.4 is 5.32 Å². The second-order valence-electron chi connectivity index (χ2n) is 5.82. The van der Waals surface area contributed by atoms with Crippen molar-refractivity contribution in [2.45, 2.75) is 25.8 Å². The Morgan fingerprint density at radius 3 is 2.89 bits per heavy atom. The average Bonchev–Trinajstić information content (AvgIpc) is 2.70. The van der Waals surface area contributed by atoms with Crippen LogP contribution in [0, 0.1) is 5.92 Å². The van der Waals surface area contributed by atoms with E-state index in [1.807, 2.05) is 0 Å². The Balaban J connectivity index is 1.76. The highest BCUT2D eigenvalue weighted by Crippen LogP contribution is 2.16. The topological polar surface area (TPSA) is 27.7 Å². The minimum absolute atomic E-state index is 0.575. The molecule has 4 heteroatoms. The summed E-state index contributed by atoms with van der Waals surface area (Å²) in [6.45, 7) is 11.3. The van der Waals surface area contributed by atoms with Crippen molar-refractivity contribution >= 4 is 0 Å². The number of nitrogens with zero attached hydrogens (tertiary/aromatic N) is 2. The Kier molecular flexibility index (Phi) is 5.89. The van der Waals surface area contributed by atoms with Crippen LogP contribution in [0.3, 0.4) is 0 Å². The standard InChI is InChI=1S/C14H29N3O/c1-3-5-15-14-12-18-11-13(14)10-17-7-4-6-16(2)8-9-17/h13-15H,3-12H2,1-2H3. The molecular formula is C14H29N3O. The number of nitrogens with one attached hydrogen (secondary N) is 1.